The molecule has 0 spiro atoms. The molecule has 0 radical (unpaired) electrons. The number of benzene rings is 2. The van der Waals surface area contributed by atoms with Crippen LogP contribution in [-0.4, -0.2) is 0 Å². The van der Waals surface area contributed by atoms with Gasteiger partial charge in [0.2, 0.25) is 0 Å². The molecule has 3 nitrogen and oxygen atoms in total. The standard InChI is InChI=1S/C17H17N3/c1-11-3-2-4-16(15(11)10-18)20-17-8-5-12-9-13(19)6-7-14(12)17/h2-4,6-7,9,17,20H,5,8,19H2,1H3. The number of anilines is 2. The minimum Gasteiger partial charge on any atom is -0.399 e. The average Bonchev–Trinajstić information content (AvgIpc) is 2.81. The van der Waals surface area contributed by atoms with Crippen molar-refractivity contribution < 1.29 is 0 Å². The lowest BCUT2D eigenvalue weighted by Crippen LogP contribution is -2.08. The van der Waals surface area contributed by atoms with Gasteiger partial charge in [-0.15, -0.1) is 0 Å². The summed E-state index contributed by atoms with van der Waals surface area (Å²) in [6, 6.07) is 14.6. The first kappa shape index (κ1) is 12.6. The van der Waals surface area contributed by atoms with Crippen LogP contribution in [0.1, 0.15) is 34.7 Å². The van der Waals surface area contributed by atoms with Crippen LogP contribution in [0.15, 0.2) is 36.4 Å². The Labute approximate surface area is 119 Å². The lowest BCUT2D eigenvalue weighted by Gasteiger charge is -2.17. The zero-order valence-electron chi connectivity index (χ0n) is 11.5. The molecular formula is C17H17N3. The van der Waals surface area contributed by atoms with E-state index in [4.69, 9.17) is 5.73 Å². The fourth-order valence-corrected chi connectivity index (χ4v) is 2.91. The number of nitrogens with one attached hydrogen (secondary N) is 1. The summed E-state index contributed by atoms with van der Waals surface area (Å²) < 4.78 is 0. The average molecular weight is 263 g/mol. The molecule has 20 heavy (non-hydrogen) atoms. The third kappa shape index (κ3) is 2.10. The molecule has 0 amide bonds. The van der Waals surface area contributed by atoms with E-state index in [1.165, 1.54) is 11.1 Å². The lowest BCUT2D eigenvalue weighted by molar-refractivity contribution is 0.761. The van der Waals surface area contributed by atoms with Crippen LogP contribution < -0.4 is 11.1 Å². The Hall–Kier alpha value is -2.47. The quantitative estimate of drug-likeness (QED) is 0.814. The van der Waals surface area contributed by atoms with Gasteiger partial charge in [-0.2, -0.15) is 5.26 Å². The lowest BCUT2D eigenvalue weighted by atomic mass is 10.0. The maximum Gasteiger partial charge on any atom is 0.102 e. The molecule has 0 heterocycles. The van der Waals surface area contributed by atoms with Crippen molar-refractivity contribution >= 4 is 11.4 Å². The smallest absolute Gasteiger partial charge is 0.102 e. The molecule has 0 aliphatic heterocycles. The third-order valence-corrected chi connectivity index (χ3v) is 3.96. The minimum atomic E-state index is 0.263. The first-order chi connectivity index (χ1) is 9.69. The molecule has 0 aromatic heterocycles. The second-order valence-electron chi connectivity index (χ2n) is 5.30. The Bertz CT molecular complexity index is 698. The molecule has 0 saturated carbocycles. The van der Waals surface area contributed by atoms with E-state index >= 15 is 0 Å². The van der Waals surface area contributed by atoms with Crippen molar-refractivity contribution in [3.8, 4) is 6.07 Å². The van der Waals surface area contributed by atoms with E-state index in [-0.39, 0.29) is 6.04 Å². The molecule has 1 atom stereocenters. The zero-order valence-corrected chi connectivity index (χ0v) is 11.5. The van der Waals surface area contributed by atoms with Gasteiger partial charge in [0, 0.05) is 5.69 Å². The van der Waals surface area contributed by atoms with Gasteiger partial charge >= 0.3 is 0 Å². The molecule has 2 aromatic rings. The van der Waals surface area contributed by atoms with Gasteiger partial charge in [-0.05, 0) is 54.7 Å². The summed E-state index contributed by atoms with van der Waals surface area (Å²) in [5.41, 5.74) is 11.9. The molecule has 0 bridgehead atoms. The Morgan fingerprint density at radius 3 is 2.95 bits per heavy atom. The van der Waals surface area contributed by atoms with Crippen LogP contribution in [0.2, 0.25) is 0 Å². The molecule has 3 rings (SSSR count). The topological polar surface area (TPSA) is 61.8 Å². The van der Waals surface area contributed by atoms with Crippen molar-refractivity contribution in [3.63, 3.8) is 0 Å². The van der Waals surface area contributed by atoms with Crippen molar-refractivity contribution in [2.45, 2.75) is 25.8 Å². The summed E-state index contributed by atoms with van der Waals surface area (Å²) in [5.74, 6) is 0. The van der Waals surface area contributed by atoms with Crippen molar-refractivity contribution in [2.24, 2.45) is 0 Å². The highest BCUT2D eigenvalue weighted by atomic mass is 14.9. The highest BCUT2D eigenvalue weighted by Crippen LogP contribution is 2.35. The highest BCUT2D eigenvalue weighted by Gasteiger charge is 2.23. The van der Waals surface area contributed by atoms with Crippen LogP contribution in [0.4, 0.5) is 11.4 Å². The summed E-state index contributed by atoms with van der Waals surface area (Å²) in [6.45, 7) is 1.97. The molecule has 1 aliphatic rings. The van der Waals surface area contributed by atoms with E-state index in [0.29, 0.717) is 0 Å². The Balaban J connectivity index is 1.92. The Morgan fingerprint density at radius 2 is 2.15 bits per heavy atom. The van der Waals surface area contributed by atoms with Crippen LogP contribution in [-0.2, 0) is 6.42 Å². The van der Waals surface area contributed by atoms with E-state index in [2.05, 4.69) is 23.5 Å². The minimum absolute atomic E-state index is 0.263. The predicted octanol–water partition coefficient (Wildman–Crippen LogP) is 3.55. The highest BCUT2D eigenvalue weighted by molar-refractivity contribution is 5.62. The second kappa shape index (κ2) is 4.90. The summed E-state index contributed by atoms with van der Waals surface area (Å²) >= 11 is 0. The van der Waals surface area contributed by atoms with Gasteiger partial charge in [-0.1, -0.05) is 18.2 Å². The van der Waals surface area contributed by atoms with E-state index in [0.717, 1.165) is 35.3 Å². The summed E-state index contributed by atoms with van der Waals surface area (Å²) in [6.07, 6.45) is 2.07. The molecule has 2 aromatic carbocycles. The number of nitrogens with zero attached hydrogens (tertiary/aromatic N) is 1. The van der Waals surface area contributed by atoms with E-state index in [1.807, 2.05) is 31.2 Å². The number of hydrogen-bond donors (Lipinski definition) is 2. The van der Waals surface area contributed by atoms with Crippen molar-refractivity contribution in [1.29, 1.82) is 5.26 Å². The fourth-order valence-electron chi connectivity index (χ4n) is 2.91. The molecule has 3 N–H and O–H groups in total. The van der Waals surface area contributed by atoms with Crippen LogP contribution in [0.25, 0.3) is 0 Å². The SMILES string of the molecule is Cc1cccc(NC2CCc3cc(N)ccc32)c1C#N. The van der Waals surface area contributed by atoms with Crippen molar-refractivity contribution in [1.82, 2.24) is 0 Å². The van der Waals surface area contributed by atoms with Gasteiger partial charge in [0.15, 0.2) is 0 Å². The summed E-state index contributed by atoms with van der Waals surface area (Å²) in [7, 11) is 0. The van der Waals surface area contributed by atoms with Crippen LogP contribution in [0.5, 0.6) is 0 Å². The number of fused-ring (bicyclic) bond motifs is 1. The monoisotopic (exact) mass is 263 g/mol. The molecule has 100 valence electrons. The van der Waals surface area contributed by atoms with Gasteiger partial charge < -0.3 is 11.1 Å². The second-order valence-corrected chi connectivity index (χ2v) is 5.30. The molecule has 3 heteroatoms. The number of nitrogen functional groups attached to an aromatic ring is 1. The molecule has 0 saturated heterocycles. The maximum absolute atomic E-state index is 9.30. The van der Waals surface area contributed by atoms with Gasteiger partial charge in [-0.25, -0.2) is 0 Å². The summed E-state index contributed by atoms with van der Waals surface area (Å²) in [5, 5.41) is 12.8. The normalized spacial score (nSPS) is 16.5. The first-order valence-corrected chi connectivity index (χ1v) is 6.83. The molecule has 1 aliphatic carbocycles. The van der Waals surface area contributed by atoms with Gasteiger partial charge in [-0.3, -0.25) is 0 Å². The van der Waals surface area contributed by atoms with Gasteiger partial charge in [0.05, 0.1) is 17.3 Å². The third-order valence-electron chi connectivity index (χ3n) is 3.96. The number of rotatable bonds is 2. The van der Waals surface area contributed by atoms with E-state index in [9.17, 15) is 5.26 Å². The number of hydrogen-bond acceptors (Lipinski definition) is 3. The van der Waals surface area contributed by atoms with Crippen LogP contribution in [0, 0.1) is 18.3 Å². The van der Waals surface area contributed by atoms with Crippen molar-refractivity contribution in [2.75, 3.05) is 11.1 Å². The predicted molar refractivity (Wildman–Crippen MR) is 81.4 cm³/mol. The van der Waals surface area contributed by atoms with E-state index < -0.39 is 0 Å². The maximum atomic E-state index is 9.30. The molecule has 1 unspecified atom stereocenters. The van der Waals surface area contributed by atoms with Crippen LogP contribution >= 0.6 is 0 Å². The molecular weight excluding hydrogens is 246 g/mol. The van der Waals surface area contributed by atoms with Gasteiger partial charge in [0.25, 0.3) is 0 Å². The van der Waals surface area contributed by atoms with E-state index in [1.54, 1.807) is 0 Å². The Kier molecular flexibility index (Phi) is 3.08. The molecule has 0 fully saturated rings. The number of nitrogens with two attached hydrogens (primary N) is 1. The fraction of sp³-hybridized carbons (Fsp3) is 0.235. The van der Waals surface area contributed by atoms with Crippen molar-refractivity contribution in [3.05, 3.63) is 58.7 Å². The summed E-state index contributed by atoms with van der Waals surface area (Å²) in [4.78, 5) is 0. The largest absolute Gasteiger partial charge is 0.399 e. The number of nitriles is 1. The van der Waals surface area contributed by atoms with Gasteiger partial charge in [0.1, 0.15) is 6.07 Å². The number of aryl methyl sites for hydroxylation is 2. The first-order valence-electron chi connectivity index (χ1n) is 6.83. The van der Waals surface area contributed by atoms with Crippen LogP contribution in [0.3, 0.4) is 0 Å². The Morgan fingerprint density at radius 1 is 1.30 bits per heavy atom. The zero-order chi connectivity index (χ0) is 14.1.